The summed E-state index contributed by atoms with van der Waals surface area (Å²) in [5, 5.41) is 0. The van der Waals surface area contributed by atoms with Gasteiger partial charge in [-0.15, -0.1) is 0 Å². The van der Waals surface area contributed by atoms with Crippen molar-refractivity contribution in [2.75, 3.05) is 11.5 Å². The van der Waals surface area contributed by atoms with Gasteiger partial charge < -0.3 is 16.9 Å². The van der Waals surface area contributed by atoms with Crippen molar-refractivity contribution in [3.63, 3.8) is 0 Å². The second-order valence-corrected chi connectivity index (χ2v) is 1.67. The summed E-state index contributed by atoms with van der Waals surface area (Å²) in [4.78, 5) is 0. The monoisotopic (exact) mass is 188 g/mol. The van der Waals surface area contributed by atoms with Crippen LogP contribution in [-0.2, 0) is 25.0 Å². The third-order valence-corrected chi connectivity index (χ3v) is 0.936. The summed E-state index contributed by atoms with van der Waals surface area (Å²) in [6.45, 7) is 0. The van der Waals surface area contributed by atoms with E-state index in [9.17, 15) is 0 Å². The second kappa shape index (κ2) is 5.21. The second-order valence-electron chi connectivity index (χ2n) is 1.67. The van der Waals surface area contributed by atoms with Gasteiger partial charge in [-0.05, 0) is 24.3 Å². The molecule has 0 amide bonds. The number of rotatable bonds is 0. The minimum Gasteiger partial charge on any atom is -2.00 e. The number of nitrogen functional groups attached to an aromatic ring is 2. The van der Waals surface area contributed by atoms with E-state index in [0.717, 1.165) is 11.4 Å². The molecule has 0 radical (unpaired) electrons. The summed E-state index contributed by atoms with van der Waals surface area (Å²) in [6, 6.07) is 7.09. The van der Waals surface area contributed by atoms with Crippen LogP contribution in [0.2, 0.25) is 0 Å². The van der Waals surface area contributed by atoms with Gasteiger partial charge in [-0.25, -0.2) is 0 Å². The third-order valence-electron chi connectivity index (χ3n) is 0.936. The predicted molar refractivity (Wildman–Crippen MR) is 36.0 cm³/mol. The quantitative estimate of drug-likeness (QED) is 0.466. The first-order valence-electron chi connectivity index (χ1n) is 2.40. The largest absolute Gasteiger partial charge is 2.00 e. The molecule has 0 bridgehead atoms. The van der Waals surface area contributed by atoms with E-state index in [4.69, 9.17) is 11.5 Å². The predicted octanol–water partition coefficient (Wildman–Crippen LogP) is 0.730. The van der Waals surface area contributed by atoms with Gasteiger partial charge in [0.25, 0.3) is 0 Å². The number of nitrogens with two attached hydrogens (primary N) is 2. The zero-order chi connectivity index (χ0) is 5.98. The van der Waals surface area contributed by atoms with E-state index in [1.165, 1.54) is 0 Å². The molecule has 0 aliphatic heterocycles. The standard InChI is InChI=1S/C6H8N2.O.Zn/c7-5-1-2-6(8)4-3-5;;/h1-4H,7-8H2;;/q;-2;+2. The SMILES string of the molecule is Nc1ccc(N)cc1.[O-2].[Zn+2]. The van der Waals surface area contributed by atoms with Gasteiger partial charge in [0.1, 0.15) is 0 Å². The molecule has 3 nitrogen and oxygen atoms in total. The van der Waals surface area contributed by atoms with E-state index in [1.54, 1.807) is 24.3 Å². The van der Waals surface area contributed by atoms with Gasteiger partial charge in [-0.3, -0.25) is 0 Å². The maximum absolute atomic E-state index is 5.37. The van der Waals surface area contributed by atoms with Crippen LogP contribution in [-0.4, -0.2) is 0 Å². The van der Waals surface area contributed by atoms with E-state index in [-0.39, 0.29) is 25.0 Å². The van der Waals surface area contributed by atoms with Crippen LogP contribution < -0.4 is 11.5 Å². The smallest absolute Gasteiger partial charge is 2.00 e. The van der Waals surface area contributed by atoms with E-state index < -0.39 is 0 Å². The average molecular weight is 190 g/mol. The number of hydrogen-bond donors (Lipinski definition) is 2. The molecule has 0 unspecified atom stereocenters. The topological polar surface area (TPSA) is 80.5 Å². The van der Waals surface area contributed by atoms with Crippen molar-refractivity contribution in [3.8, 4) is 0 Å². The molecule has 0 heterocycles. The summed E-state index contributed by atoms with van der Waals surface area (Å²) in [7, 11) is 0. The Balaban J connectivity index is 0. The van der Waals surface area contributed by atoms with Crippen molar-refractivity contribution in [1.82, 2.24) is 0 Å². The van der Waals surface area contributed by atoms with Crippen molar-refractivity contribution in [1.29, 1.82) is 0 Å². The van der Waals surface area contributed by atoms with E-state index in [1.807, 2.05) is 0 Å². The fraction of sp³-hybridized carbons (Fsp3) is 0. The fourth-order valence-corrected chi connectivity index (χ4v) is 0.496. The summed E-state index contributed by atoms with van der Waals surface area (Å²) in [6.07, 6.45) is 0. The first-order chi connectivity index (χ1) is 3.79. The molecule has 0 saturated carbocycles. The van der Waals surface area contributed by atoms with E-state index in [2.05, 4.69) is 0 Å². The maximum atomic E-state index is 5.37. The van der Waals surface area contributed by atoms with Crippen molar-refractivity contribution in [2.45, 2.75) is 0 Å². The Hall–Kier alpha value is -0.597. The molecule has 0 aliphatic carbocycles. The van der Waals surface area contributed by atoms with E-state index >= 15 is 0 Å². The minimum absolute atomic E-state index is 0. The summed E-state index contributed by atoms with van der Waals surface area (Å²) >= 11 is 0. The Labute approximate surface area is 72.5 Å². The molecule has 0 aliphatic rings. The van der Waals surface area contributed by atoms with E-state index in [0.29, 0.717) is 0 Å². The summed E-state index contributed by atoms with van der Waals surface area (Å²) in [5.74, 6) is 0. The molecule has 0 aromatic heterocycles. The van der Waals surface area contributed by atoms with Crippen LogP contribution in [0, 0.1) is 0 Å². The van der Waals surface area contributed by atoms with Crippen LogP contribution in [0.1, 0.15) is 0 Å². The molecular weight excluding hydrogens is 181 g/mol. The molecule has 4 heteroatoms. The Kier molecular flexibility index (Phi) is 6.31. The summed E-state index contributed by atoms with van der Waals surface area (Å²) in [5.41, 5.74) is 12.2. The van der Waals surface area contributed by atoms with Crippen LogP contribution in [0.3, 0.4) is 0 Å². The normalized spacial score (nSPS) is 7.20. The van der Waals surface area contributed by atoms with Gasteiger partial charge in [0.2, 0.25) is 0 Å². The van der Waals surface area contributed by atoms with Crippen molar-refractivity contribution in [3.05, 3.63) is 24.3 Å². The average Bonchev–Trinajstić information content (AvgIpc) is 1.77. The number of anilines is 2. The Morgan fingerprint density at radius 3 is 1.20 bits per heavy atom. The molecule has 1 aromatic rings. The summed E-state index contributed by atoms with van der Waals surface area (Å²) < 4.78 is 0. The van der Waals surface area contributed by atoms with Crippen molar-refractivity contribution < 1.29 is 25.0 Å². The zero-order valence-electron chi connectivity index (χ0n) is 5.58. The Morgan fingerprint density at radius 1 is 0.800 bits per heavy atom. The van der Waals surface area contributed by atoms with Crippen LogP contribution in [0.4, 0.5) is 11.4 Å². The van der Waals surface area contributed by atoms with Gasteiger partial charge in [-0.1, -0.05) is 0 Å². The van der Waals surface area contributed by atoms with Crippen LogP contribution in [0.15, 0.2) is 24.3 Å². The Morgan fingerprint density at radius 2 is 1.00 bits per heavy atom. The Bertz CT molecular complexity index is 155. The zero-order valence-corrected chi connectivity index (χ0v) is 8.55. The molecule has 0 saturated heterocycles. The first kappa shape index (κ1) is 12.1. The molecule has 50 valence electrons. The van der Waals surface area contributed by atoms with Gasteiger partial charge in [-0.2, -0.15) is 0 Å². The van der Waals surface area contributed by atoms with Gasteiger partial charge in [0, 0.05) is 11.4 Å². The first-order valence-corrected chi connectivity index (χ1v) is 2.40. The molecule has 4 N–H and O–H groups in total. The molecule has 1 aromatic carbocycles. The van der Waals surface area contributed by atoms with Gasteiger partial charge in [0.05, 0.1) is 0 Å². The number of benzene rings is 1. The molecule has 0 atom stereocenters. The van der Waals surface area contributed by atoms with Crippen LogP contribution in [0.25, 0.3) is 0 Å². The molecule has 0 fully saturated rings. The molecule has 0 spiro atoms. The van der Waals surface area contributed by atoms with Crippen LogP contribution >= 0.6 is 0 Å². The molecule has 10 heavy (non-hydrogen) atoms. The third kappa shape index (κ3) is 3.43. The number of hydrogen-bond acceptors (Lipinski definition) is 2. The van der Waals surface area contributed by atoms with Crippen molar-refractivity contribution in [2.24, 2.45) is 0 Å². The molecular formula is C6H8N2OZn. The maximum Gasteiger partial charge on any atom is 2.00 e. The van der Waals surface area contributed by atoms with Crippen LogP contribution in [0.5, 0.6) is 0 Å². The minimum atomic E-state index is 0. The molecule has 1 rings (SSSR count). The van der Waals surface area contributed by atoms with Gasteiger partial charge >= 0.3 is 19.5 Å². The fourth-order valence-electron chi connectivity index (χ4n) is 0.496. The van der Waals surface area contributed by atoms with Gasteiger partial charge in [0.15, 0.2) is 0 Å². The van der Waals surface area contributed by atoms with Crippen molar-refractivity contribution >= 4 is 11.4 Å².